The number of Topliss-reactive ketones (excluding diaryl/α,β-unsaturated/α-hetero) is 2. The fourth-order valence-electron chi connectivity index (χ4n) is 3.91. The van der Waals surface area contributed by atoms with Crippen LogP contribution in [-0.4, -0.2) is 66.4 Å². The Morgan fingerprint density at radius 2 is 1.29 bits per heavy atom. The second-order valence-corrected chi connectivity index (χ2v) is 10.3. The van der Waals surface area contributed by atoms with Crippen molar-refractivity contribution in [1.82, 2.24) is 10.2 Å². The molecule has 1 fully saturated rings. The molecule has 0 unspecified atom stereocenters. The molecule has 0 aromatic heterocycles. The first-order valence-corrected chi connectivity index (χ1v) is 12.8. The Bertz CT molecular complexity index is 973. The molecule has 0 spiro atoms. The molecule has 2 rings (SSSR count). The third-order valence-corrected chi connectivity index (χ3v) is 6.46. The number of benzene rings is 1. The Hall–Kier alpha value is -2.84. The summed E-state index contributed by atoms with van der Waals surface area (Å²) < 4.78 is 105. The van der Waals surface area contributed by atoms with Crippen molar-refractivity contribution in [2.45, 2.75) is 77.6 Å². The van der Waals surface area contributed by atoms with E-state index in [1.807, 2.05) is 13.8 Å². The van der Waals surface area contributed by atoms with E-state index in [0.717, 1.165) is 38.1 Å². The van der Waals surface area contributed by atoms with Gasteiger partial charge < -0.3 is 15.5 Å². The van der Waals surface area contributed by atoms with Crippen LogP contribution in [-0.2, 0) is 20.6 Å². The van der Waals surface area contributed by atoms with Crippen LogP contribution in [0.4, 0.5) is 45.2 Å². The summed E-state index contributed by atoms with van der Waals surface area (Å²) in [6, 6.07) is 5.50. The number of piperidine rings is 1. The lowest BCUT2D eigenvalue weighted by Crippen LogP contribution is -2.42. The van der Waals surface area contributed by atoms with Gasteiger partial charge in [-0.3, -0.25) is 14.4 Å². The van der Waals surface area contributed by atoms with E-state index in [1.54, 1.807) is 0 Å². The Balaban J connectivity index is 0.000000590. The third kappa shape index (κ3) is 12.7. The first-order chi connectivity index (χ1) is 18.6. The van der Waals surface area contributed by atoms with Crippen molar-refractivity contribution in [2.24, 2.45) is 11.8 Å². The number of ketones is 2. The summed E-state index contributed by atoms with van der Waals surface area (Å²) in [6.07, 6.45) is -13.3. The number of likely N-dealkylation sites (tertiary alicyclic amines) is 1. The van der Waals surface area contributed by atoms with Crippen LogP contribution in [0.2, 0.25) is 0 Å². The molecule has 234 valence electrons. The zero-order valence-corrected chi connectivity index (χ0v) is 22.9. The molecule has 0 aliphatic carbocycles. The zero-order valence-electron chi connectivity index (χ0n) is 22.9. The van der Waals surface area contributed by atoms with Gasteiger partial charge in [0.15, 0.2) is 0 Å². The summed E-state index contributed by atoms with van der Waals surface area (Å²) in [4.78, 5) is 34.1. The molecule has 0 radical (unpaired) electrons. The van der Waals surface area contributed by atoms with Crippen LogP contribution in [0.3, 0.4) is 0 Å². The van der Waals surface area contributed by atoms with Crippen molar-refractivity contribution >= 4 is 23.2 Å². The number of rotatable bonds is 9. The van der Waals surface area contributed by atoms with E-state index in [-0.39, 0.29) is 17.9 Å². The molecule has 1 atom stereocenters. The summed E-state index contributed by atoms with van der Waals surface area (Å²) in [5, 5.41) is 6.25. The highest BCUT2D eigenvalue weighted by molar-refractivity contribution is 6.41. The van der Waals surface area contributed by atoms with Crippen LogP contribution in [0.15, 0.2) is 24.3 Å². The van der Waals surface area contributed by atoms with Crippen LogP contribution < -0.4 is 10.6 Å². The van der Waals surface area contributed by atoms with Gasteiger partial charge in [0.1, 0.15) is 0 Å². The van der Waals surface area contributed by atoms with Crippen molar-refractivity contribution in [2.75, 3.05) is 25.0 Å². The van der Waals surface area contributed by atoms with Crippen LogP contribution in [0.25, 0.3) is 0 Å². The minimum absolute atomic E-state index is 0.0490. The van der Waals surface area contributed by atoms with Crippen LogP contribution in [0.1, 0.15) is 52.5 Å². The molecule has 1 saturated heterocycles. The van der Waals surface area contributed by atoms with Gasteiger partial charge in [0, 0.05) is 30.7 Å². The van der Waals surface area contributed by atoms with Gasteiger partial charge in [0.05, 0.1) is 5.56 Å². The maximum atomic E-state index is 12.7. The quantitative estimate of drug-likeness (QED) is 0.265. The average molecular weight is 608 g/mol. The zero-order chi connectivity index (χ0) is 31.8. The van der Waals surface area contributed by atoms with Gasteiger partial charge in [-0.1, -0.05) is 13.8 Å². The highest BCUT2D eigenvalue weighted by Crippen LogP contribution is 2.30. The largest absolute Gasteiger partial charge is 0.458 e. The summed E-state index contributed by atoms with van der Waals surface area (Å²) >= 11 is 0. The maximum absolute atomic E-state index is 12.7. The van der Waals surface area contributed by atoms with Crippen LogP contribution >= 0.6 is 0 Å². The Morgan fingerprint density at radius 1 is 0.829 bits per heavy atom. The van der Waals surface area contributed by atoms with E-state index >= 15 is 0 Å². The predicted octanol–water partition coefficient (Wildman–Crippen LogP) is 6.02. The molecule has 1 aromatic carbocycles. The maximum Gasteiger partial charge on any atom is 0.458 e. The smallest absolute Gasteiger partial charge is 0.380 e. The second-order valence-electron chi connectivity index (χ2n) is 10.3. The predicted molar refractivity (Wildman–Crippen MR) is 133 cm³/mol. The fourth-order valence-corrected chi connectivity index (χ4v) is 3.91. The monoisotopic (exact) mass is 607 g/mol. The van der Waals surface area contributed by atoms with Crippen LogP contribution in [0, 0.1) is 11.8 Å². The van der Waals surface area contributed by atoms with E-state index in [1.165, 1.54) is 12.1 Å². The SMILES string of the molecule is CC(C)[C@H](CNC(=O)CC1CCN(C(C)C)CC1)Nc1ccc(C(F)(F)F)cc1.O=C(C(=O)C(F)(F)F)C(F)(F)F. The first kappa shape index (κ1) is 36.2. The summed E-state index contributed by atoms with van der Waals surface area (Å²) in [6.45, 7) is 11.0. The highest BCUT2D eigenvalue weighted by Gasteiger charge is 2.54. The fraction of sp³-hybridized carbons (Fsp3) is 0.654. The summed E-state index contributed by atoms with van der Waals surface area (Å²) in [5.41, 5.74) is -0.0482. The Kier molecular flexibility index (Phi) is 13.1. The standard InChI is InChI=1S/C22H34F3N3O.C4F6O2/c1-15(2)20(27-19-7-5-18(6-8-19)22(23,24)25)14-26-21(29)13-17-9-11-28(12-10-17)16(3)4;5-3(6,7)1(11)2(12)4(8,9)10/h5-8,15-17,20,27H,9-14H2,1-4H3,(H,26,29);/t20-;/m0./s1. The van der Waals surface area contributed by atoms with Crippen molar-refractivity contribution < 1.29 is 53.9 Å². The second kappa shape index (κ2) is 14.9. The van der Waals surface area contributed by atoms with Gasteiger partial charge in [-0.05, 0) is 75.9 Å². The van der Waals surface area contributed by atoms with Gasteiger partial charge in [-0.2, -0.15) is 39.5 Å². The normalized spacial score (nSPS) is 16.2. The van der Waals surface area contributed by atoms with Gasteiger partial charge in [-0.15, -0.1) is 0 Å². The minimum atomic E-state index is -5.77. The number of carbonyl (C=O) groups is 3. The molecule has 6 nitrogen and oxygen atoms in total. The molecular formula is C26H34F9N3O3. The number of alkyl halides is 9. The lowest BCUT2D eigenvalue weighted by Gasteiger charge is -2.34. The van der Waals surface area contributed by atoms with Crippen molar-refractivity contribution in [3.05, 3.63) is 29.8 Å². The molecule has 1 aliphatic rings. The first-order valence-electron chi connectivity index (χ1n) is 12.8. The van der Waals surface area contributed by atoms with Crippen molar-refractivity contribution in [3.63, 3.8) is 0 Å². The molecule has 0 saturated carbocycles. The number of nitrogens with one attached hydrogen (secondary N) is 2. The molecule has 1 amide bonds. The minimum Gasteiger partial charge on any atom is -0.380 e. The van der Waals surface area contributed by atoms with E-state index in [0.29, 0.717) is 30.6 Å². The van der Waals surface area contributed by atoms with Crippen LogP contribution in [0.5, 0.6) is 0 Å². The molecule has 15 heteroatoms. The number of halogens is 9. The molecule has 1 aromatic rings. The van der Waals surface area contributed by atoms with E-state index in [4.69, 9.17) is 0 Å². The number of hydrogen-bond donors (Lipinski definition) is 2. The molecular weight excluding hydrogens is 573 g/mol. The molecule has 0 bridgehead atoms. The lowest BCUT2D eigenvalue weighted by molar-refractivity contribution is -0.193. The topological polar surface area (TPSA) is 78.5 Å². The van der Waals surface area contributed by atoms with Gasteiger partial charge in [-0.25, -0.2) is 0 Å². The number of nitrogens with zero attached hydrogens (tertiary/aromatic N) is 1. The summed E-state index contributed by atoms with van der Waals surface area (Å²) in [5.74, 6) is -6.13. The Labute approximate surface area is 232 Å². The molecule has 1 aliphatic heterocycles. The number of amides is 1. The third-order valence-electron chi connectivity index (χ3n) is 6.46. The average Bonchev–Trinajstić information content (AvgIpc) is 2.84. The molecule has 2 N–H and O–H groups in total. The van der Waals surface area contributed by atoms with Crippen molar-refractivity contribution in [1.29, 1.82) is 0 Å². The highest BCUT2D eigenvalue weighted by atomic mass is 19.4. The lowest BCUT2D eigenvalue weighted by atomic mass is 9.92. The Morgan fingerprint density at radius 3 is 1.66 bits per heavy atom. The number of carbonyl (C=O) groups excluding carboxylic acids is 3. The molecule has 41 heavy (non-hydrogen) atoms. The van der Waals surface area contributed by atoms with E-state index in [2.05, 4.69) is 29.4 Å². The van der Waals surface area contributed by atoms with Gasteiger partial charge in [0.25, 0.3) is 0 Å². The van der Waals surface area contributed by atoms with E-state index in [9.17, 15) is 53.9 Å². The van der Waals surface area contributed by atoms with Gasteiger partial charge in [0.2, 0.25) is 5.91 Å². The number of anilines is 1. The number of hydrogen-bond acceptors (Lipinski definition) is 5. The van der Waals surface area contributed by atoms with E-state index < -0.39 is 35.7 Å². The summed E-state index contributed by atoms with van der Waals surface area (Å²) in [7, 11) is 0. The van der Waals surface area contributed by atoms with Crippen molar-refractivity contribution in [3.8, 4) is 0 Å². The van der Waals surface area contributed by atoms with Gasteiger partial charge >= 0.3 is 30.1 Å². The molecule has 1 heterocycles.